The number of carboxylic acid groups (broad SMARTS) is 1. The Morgan fingerprint density at radius 1 is 1.20 bits per heavy atom. The Morgan fingerprint density at radius 3 is 2.27 bits per heavy atom. The van der Waals surface area contributed by atoms with Crippen LogP contribution in [-0.4, -0.2) is 27.4 Å². The Kier molecular flexibility index (Phi) is 3.13. The molecule has 1 aromatic rings. The normalized spacial score (nSPS) is 14.5. The molecule has 0 aromatic heterocycles. The minimum atomic E-state index is -1.88. The number of rotatable bonds is 3. The van der Waals surface area contributed by atoms with Gasteiger partial charge in [0.15, 0.2) is 6.10 Å². The third kappa shape index (κ3) is 2.36. The van der Waals surface area contributed by atoms with Gasteiger partial charge in [-0.25, -0.2) is 4.79 Å². The SMILES string of the molecule is Nc1ccc(C(O)C(O)C(=O)O)cc1N. The highest BCUT2D eigenvalue weighted by molar-refractivity contribution is 5.73. The minimum Gasteiger partial charge on any atom is -0.479 e. The first-order valence-corrected chi connectivity index (χ1v) is 4.17. The second-order valence-electron chi connectivity index (χ2n) is 3.12. The van der Waals surface area contributed by atoms with Crippen molar-refractivity contribution < 1.29 is 20.1 Å². The highest BCUT2D eigenvalue weighted by Crippen LogP contribution is 2.23. The van der Waals surface area contributed by atoms with E-state index in [2.05, 4.69) is 0 Å². The van der Waals surface area contributed by atoms with Crippen molar-refractivity contribution in [1.29, 1.82) is 0 Å². The largest absolute Gasteiger partial charge is 0.479 e. The Morgan fingerprint density at radius 2 is 1.80 bits per heavy atom. The second kappa shape index (κ2) is 4.16. The molecule has 0 saturated heterocycles. The van der Waals surface area contributed by atoms with Crippen LogP contribution in [0.1, 0.15) is 11.7 Å². The van der Waals surface area contributed by atoms with Gasteiger partial charge < -0.3 is 26.8 Å². The molecule has 0 spiro atoms. The Balaban J connectivity index is 2.96. The van der Waals surface area contributed by atoms with Crippen molar-refractivity contribution >= 4 is 17.3 Å². The number of nitrogen functional groups attached to an aromatic ring is 2. The van der Waals surface area contributed by atoms with Crippen molar-refractivity contribution in [2.45, 2.75) is 12.2 Å². The molecular formula is C9H12N2O4. The molecule has 0 aliphatic rings. The molecule has 0 radical (unpaired) electrons. The topological polar surface area (TPSA) is 130 Å². The van der Waals surface area contributed by atoms with Gasteiger partial charge in [-0.15, -0.1) is 0 Å². The van der Waals surface area contributed by atoms with Gasteiger partial charge in [0.05, 0.1) is 11.4 Å². The highest BCUT2D eigenvalue weighted by atomic mass is 16.4. The fourth-order valence-electron chi connectivity index (χ4n) is 1.09. The summed E-state index contributed by atoms with van der Waals surface area (Å²) in [6.07, 6.45) is -3.40. The smallest absolute Gasteiger partial charge is 0.335 e. The van der Waals surface area contributed by atoms with E-state index in [4.69, 9.17) is 21.7 Å². The molecule has 15 heavy (non-hydrogen) atoms. The lowest BCUT2D eigenvalue weighted by Gasteiger charge is -2.15. The molecule has 0 aliphatic heterocycles. The first-order chi connectivity index (χ1) is 6.93. The van der Waals surface area contributed by atoms with Crippen molar-refractivity contribution in [3.63, 3.8) is 0 Å². The molecule has 6 heteroatoms. The Labute approximate surface area is 85.8 Å². The van der Waals surface area contributed by atoms with E-state index in [9.17, 15) is 9.90 Å². The Bertz CT molecular complexity index is 380. The summed E-state index contributed by atoms with van der Waals surface area (Å²) in [7, 11) is 0. The zero-order valence-electron chi connectivity index (χ0n) is 7.79. The van der Waals surface area contributed by atoms with Crippen LogP contribution < -0.4 is 11.5 Å². The van der Waals surface area contributed by atoms with Crippen LogP contribution in [0.3, 0.4) is 0 Å². The summed E-state index contributed by atoms with van der Waals surface area (Å²) in [6.45, 7) is 0. The zero-order valence-corrected chi connectivity index (χ0v) is 7.79. The summed E-state index contributed by atoms with van der Waals surface area (Å²) in [5.41, 5.74) is 11.7. The molecule has 2 atom stereocenters. The van der Waals surface area contributed by atoms with Gasteiger partial charge in [-0.2, -0.15) is 0 Å². The molecule has 0 heterocycles. The van der Waals surface area contributed by atoms with Crippen LogP contribution in [0.2, 0.25) is 0 Å². The Hall–Kier alpha value is -1.79. The first-order valence-electron chi connectivity index (χ1n) is 4.17. The zero-order chi connectivity index (χ0) is 11.6. The predicted molar refractivity (Wildman–Crippen MR) is 53.9 cm³/mol. The van der Waals surface area contributed by atoms with Gasteiger partial charge in [0.1, 0.15) is 6.10 Å². The molecule has 1 rings (SSSR count). The van der Waals surface area contributed by atoms with Crippen LogP contribution in [0.25, 0.3) is 0 Å². The van der Waals surface area contributed by atoms with Crippen LogP contribution in [-0.2, 0) is 4.79 Å². The van der Waals surface area contributed by atoms with E-state index in [1.54, 1.807) is 0 Å². The lowest BCUT2D eigenvalue weighted by Crippen LogP contribution is -2.27. The van der Waals surface area contributed by atoms with Crippen molar-refractivity contribution in [2.24, 2.45) is 0 Å². The monoisotopic (exact) mass is 212 g/mol. The lowest BCUT2D eigenvalue weighted by atomic mass is 10.0. The van der Waals surface area contributed by atoms with Crippen molar-refractivity contribution in [2.75, 3.05) is 11.5 Å². The average Bonchev–Trinajstić information content (AvgIpc) is 2.19. The van der Waals surface area contributed by atoms with Gasteiger partial charge in [0, 0.05) is 0 Å². The maximum Gasteiger partial charge on any atom is 0.335 e. The highest BCUT2D eigenvalue weighted by Gasteiger charge is 2.25. The van der Waals surface area contributed by atoms with Gasteiger partial charge in [0.2, 0.25) is 0 Å². The van der Waals surface area contributed by atoms with Crippen LogP contribution in [0.5, 0.6) is 0 Å². The standard InChI is InChI=1S/C9H12N2O4/c10-5-2-1-4(3-6(5)11)7(12)8(13)9(14)15/h1-3,7-8,12-13H,10-11H2,(H,14,15). The van der Waals surface area contributed by atoms with Crippen molar-refractivity contribution in [1.82, 2.24) is 0 Å². The lowest BCUT2D eigenvalue weighted by molar-refractivity contribution is -0.153. The van der Waals surface area contributed by atoms with Gasteiger partial charge in [0.25, 0.3) is 0 Å². The van der Waals surface area contributed by atoms with E-state index in [0.29, 0.717) is 5.69 Å². The summed E-state index contributed by atoms with van der Waals surface area (Å²) >= 11 is 0. The molecule has 0 amide bonds. The van der Waals surface area contributed by atoms with Gasteiger partial charge in [-0.05, 0) is 17.7 Å². The second-order valence-corrected chi connectivity index (χ2v) is 3.12. The van der Waals surface area contributed by atoms with E-state index >= 15 is 0 Å². The van der Waals surface area contributed by atoms with E-state index in [1.807, 2.05) is 0 Å². The molecule has 82 valence electrons. The summed E-state index contributed by atoms with van der Waals surface area (Å²) in [5, 5.41) is 27.0. The maximum atomic E-state index is 10.4. The van der Waals surface area contributed by atoms with Crippen LogP contribution in [0, 0.1) is 0 Å². The fraction of sp³-hybridized carbons (Fsp3) is 0.222. The number of hydrogen-bond acceptors (Lipinski definition) is 5. The van der Waals surface area contributed by atoms with Gasteiger partial charge >= 0.3 is 5.97 Å². The van der Waals surface area contributed by atoms with Crippen LogP contribution in [0.4, 0.5) is 11.4 Å². The minimum absolute atomic E-state index is 0.205. The molecule has 0 saturated carbocycles. The third-order valence-corrected chi connectivity index (χ3v) is 2.00. The van der Waals surface area contributed by atoms with Crippen molar-refractivity contribution in [3.05, 3.63) is 23.8 Å². The number of carboxylic acids is 1. The van der Waals surface area contributed by atoms with Crippen LogP contribution in [0.15, 0.2) is 18.2 Å². The van der Waals surface area contributed by atoms with E-state index < -0.39 is 18.2 Å². The quantitative estimate of drug-likeness (QED) is 0.422. The predicted octanol–water partition coefficient (Wildman–Crippen LogP) is -0.670. The fourth-order valence-corrected chi connectivity index (χ4v) is 1.09. The number of aliphatic carboxylic acids is 1. The molecule has 2 unspecified atom stereocenters. The number of nitrogens with two attached hydrogens (primary N) is 2. The van der Waals surface area contributed by atoms with Gasteiger partial charge in [-0.3, -0.25) is 0 Å². The number of aliphatic hydroxyl groups excluding tert-OH is 2. The maximum absolute atomic E-state index is 10.4. The number of benzene rings is 1. The summed E-state index contributed by atoms with van der Waals surface area (Å²) in [4.78, 5) is 10.4. The van der Waals surface area contributed by atoms with E-state index in [0.717, 1.165) is 0 Å². The summed E-state index contributed by atoms with van der Waals surface area (Å²) in [6, 6.07) is 4.16. The summed E-state index contributed by atoms with van der Waals surface area (Å²) < 4.78 is 0. The average molecular weight is 212 g/mol. The molecule has 7 N–H and O–H groups in total. The number of hydrogen-bond donors (Lipinski definition) is 5. The number of anilines is 2. The molecule has 0 fully saturated rings. The van der Waals surface area contributed by atoms with Gasteiger partial charge in [-0.1, -0.05) is 6.07 Å². The number of aliphatic hydroxyl groups is 2. The van der Waals surface area contributed by atoms with Crippen molar-refractivity contribution in [3.8, 4) is 0 Å². The van der Waals surface area contributed by atoms with E-state index in [1.165, 1.54) is 18.2 Å². The summed E-state index contributed by atoms with van der Waals surface area (Å²) in [5.74, 6) is -1.50. The van der Waals surface area contributed by atoms with E-state index in [-0.39, 0.29) is 11.3 Å². The molecule has 0 bridgehead atoms. The molecule has 1 aromatic carbocycles. The first kappa shape index (κ1) is 11.3. The number of carbonyl (C=O) groups is 1. The molecule has 0 aliphatic carbocycles. The molecular weight excluding hydrogens is 200 g/mol. The van der Waals surface area contributed by atoms with Crippen LogP contribution >= 0.6 is 0 Å². The third-order valence-electron chi connectivity index (χ3n) is 2.00. The molecule has 6 nitrogen and oxygen atoms in total.